The maximum atomic E-state index is 11.8. The van der Waals surface area contributed by atoms with Gasteiger partial charge in [0, 0.05) is 17.5 Å². The van der Waals surface area contributed by atoms with E-state index in [0.29, 0.717) is 15.5 Å². The number of nitrogens with two attached hydrogens (primary N) is 1. The molecule has 6 heteroatoms. The summed E-state index contributed by atoms with van der Waals surface area (Å²) in [6.45, 7) is 0. The number of anilines is 1. The molecule has 5 nitrogen and oxygen atoms in total. The van der Waals surface area contributed by atoms with Gasteiger partial charge in [-0.1, -0.05) is 0 Å². The van der Waals surface area contributed by atoms with Gasteiger partial charge in [0.15, 0.2) is 0 Å². The van der Waals surface area contributed by atoms with Gasteiger partial charge in [0.2, 0.25) is 0 Å². The first-order valence-corrected chi connectivity index (χ1v) is 6.07. The van der Waals surface area contributed by atoms with Crippen molar-refractivity contribution in [2.24, 2.45) is 5.73 Å². The Bertz CT molecular complexity index is 668. The first-order valence-electron chi connectivity index (χ1n) is 5.25. The van der Waals surface area contributed by atoms with Crippen LogP contribution in [0.2, 0.25) is 0 Å². The van der Waals surface area contributed by atoms with E-state index in [1.54, 1.807) is 18.3 Å². The number of aromatic nitrogens is 1. The van der Waals surface area contributed by atoms with E-state index in [1.165, 1.54) is 11.3 Å². The third-order valence-corrected chi connectivity index (χ3v) is 3.72. The van der Waals surface area contributed by atoms with E-state index in [-0.39, 0.29) is 5.91 Å². The number of amides is 2. The fourth-order valence-corrected chi connectivity index (χ4v) is 2.75. The lowest BCUT2D eigenvalue weighted by Crippen LogP contribution is -2.09. The highest BCUT2D eigenvalue weighted by Gasteiger charge is 2.27. The summed E-state index contributed by atoms with van der Waals surface area (Å²) in [5, 5.41) is 3.40. The van der Waals surface area contributed by atoms with Gasteiger partial charge in [0.05, 0.1) is 10.5 Å². The van der Waals surface area contributed by atoms with Gasteiger partial charge < -0.3 is 16.0 Å². The Morgan fingerprint density at radius 1 is 1.44 bits per heavy atom. The average molecular weight is 259 g/mol. The molecule has 3 heterocycles. The van der Waals surface area contributed by atoms with Crippen LogP contribution >= 0.6 is 11.3 Å². The highest BCUT2D eigenvalue weighted by atomic mass is 32.1. The summed E-state index contributed by atoms with van der Waals surface area (Å²) in [6, 6.07) is 5.36. The lowest BCUT2D eigenvalue weighted by molar-refractivity contribution is -0.110. The number of H-pyrrole nitrogens is 1. The molecule has 0 saturated carbocycles. The Morgan fingerprint density at radius 3 is 2.94 bits per heavy atom. The van der Waals surface area contributed by atoms with Crippen LogP contribution in [-0.2, 0) is 4.79 Å². The molecule has 0 bridgehead atoms. The maximum Gasteiger partial charge on any atom is 0.258 e. The van der Waals surface area contributed by atoms with Crippen LogP contribution in [0, 0.1) is 0 Å². The van der Waals surface area contributed by atoms with Crippen LogP contribution in [0.25, 0.3) is 11.6 Å². The molecule has 90 valence electrons. The molecule has 0 aromatic carbocycles. The van der Waals surface area contributed by atoms with Crippen molar-refractivity contribution in [3.63, 3.8) is 0 Å². The van der Waals surface area contributed by atoms with E-state index < -0.39 is 5.91 Å². The Kier molecular flexibility index (Phi) is 2.31. The van der Waals surface area contributed by atoms with E-state index in [2.05, 4.69) is 10.3 Å². The van der Waals surface area contributed by atoms with Gasteiger partial charge in [0.1, 0.15) is 5.00 Å². The Morgan fingerprint density at radius 2 is 2.28 bits per heavy atom. The van der Waals surface area contributed by atoms with Crippen molar-refractivity contribution < 1.29 is 9.59 Å². The Balaban J connectivity index is 2.08. The molecule has 4 N–H and O–H groups in total. The minimum absolute atomic E-state index is 0.165. The van der Waals surface area contributed by atoms with Gasteiger partial charge >= 0.3 is 0 Å². The van der Waals surface area contributed by atoms with Crippen molar-refractivity contribution in [3.8, 4) is 0 Å². The number of hydrogen-bond donors (Lipinski definition) is 3. The largest absolute Gasteiger partial charge is 0.365 e. The molecular weight excluding hydrogens is 250 g/mol. The molecule has 1 aliphatic rings. The standard InChI is InChI=1S/C12H9N3O2S/c13-10(16)9-5-8-7(4-6-2-1-3-14-6)11(17)15-12(8)18-9/h1-5,14H,(H2,13,16)(H,15,17)/b7-4-. The number of rotatable bonds is 2. The van der Waals surface area contributed by atoms with Gasteiger partial charge in [-0.05, 0) is 24.3 Å². The Labute approximate surface area is 106 Å². The van der Waals surface area contributed by atoms with Crippen LogP contribution in [0.4, 0.5) is 5.00 Å². The second-order valence-electron chi connectivity index (χ2n) is 3.86. The van der Waals surface area contributed by atoms with Gasteiger partial charge in [-0.25, -0.2) is 0 Å². The van der Waals surface area contributed by atoms with Crippen LogP contribution in [-0.4, -0.2) is 16.8 Å². The van der Waals surface area contributed by atoms with Crippen LogP contribution in [0.5, 0.6) is 0 Å². The zero-order chi connectivity index (χ0) is 12.7. The zero-order valence-electron chi connectivity index (χ0n) is 9.19. The zero-order valence-corrected chi connectivity index (χ0v) is 10.0. The van der Waals surface area contributed by atoms with Crippen LogP contribution in [0.15, 0.2) is 24.4 Å². The van der Waals surface area contributed by atoms with E-state index >= 15 is 0 Å². The molecule has 3 rings (SSSR count). The van der Waals surface area contributed by atoms with Crippen molar-refractivity contribution in [2.45, 2.75) is 0 Å². The number of aromatic amines is 1. The first-order chi connectivity index (χ1) is 8.65. The lowest BCUT2D eigenvalue weighted by Gasteiger charge is -1.95. The summed E-state index contributed by atoms with van der Waals surface area (Å²) in [7, 11) is 0. The predicted octanol–water partition coefficient (Wildman–Crippen LogP) is 1.67. The molecule has 2 amide bonds. The van der Waals surface area contributed by atoms with Crippen molar-refractivity contribution in [1.29, 1.82) is 0 Å². The maximum absolute atomic E-state index is 11.8. The normalized spacial score (nSPS) is 15.8. The molecule has 0 spiro atoms. The summed E-state index contributed by atoms with van der Waals surface area (Å²) >= 11 is 1.19. The summed E-state index contributed by atoms with van der Waals surface area (Å²) < 4.78 is 0. The van der Waals surface area contributed by atoms with Gasteiger partial charge in [0.25, 0.3) is 11.8 Å². The second kappa shape index (κ2) is 3.85. The summed E-state index contributed by atoms with van der Waals surface area (Å²) in [4.78, 5) is 26.3. The van der Waals surface area contributed by atoms with Gasteiger partial charge in [-0.2, -0.15) is 0 Å². The number of carbonyl (C=O) groups is 2. The number of thiophene rings is 1. The summed E-state index contributed by atoms with van der Waals surface area (Å²) in [6.07, 6.45) is 3.53. The highest BCUT2D eigenvalue weighted by Crippen LogP contribution is 2.39. The smallest absolute Gasteiger partial charge is 0.258 e. The highest BCUT2D eigenvalue weighted by molar-refractivity contribution is 7.18. The van der Waals surface area contributed by atoms with Crippen LogP contribution in [0.1, 0.15) is 20.9 Å². The average Bonchev–Trinajstić information content (AvgIpc) is 2.98. The molecule has 2 aromatic heterocycles. The molecule has 0 saturated heterocycles. The summed E-state index contributed by atoms with van der Waals surface area (Å²) in [5.74, 6) is -0.648. The molecule has 1 aliphatic heterocycles. The van der Waals surface area contributed by atoms with E-state index in [9.17, 15) is 9.59 Å². The summed E-state index contributed by atoms with van der Waals surface area (Å²) in [5.41, 5.74) is 7.33. The van der Waals surface area contributed by atoms with Crippen molar-refractivity contribution in [3.05, 3.63) is 40.5 Å². The molecule has 0 fully saturated rings. The monoisotopic (exact) mass is 259 g/mol. The fraction of sp³-hybridized carbons (Fsp3) is 0. The minimum atomic E-state index is -0.483. The third kappa shape index (κ3) is 1.63. The quantitative estimate of drug-likeness (QED) is 0.716. The molecule has 0 unspecified atom stereocenters. The van der Waals surface area contributed by atoms with E-state index in [0.717, 1.165) is 11.3 Å². The first kappa shape index (κ1) is 10.8. The molecule has 2 aromatic rings. The molecule has 0 radical (unpaired) electrons. The SMILES string of the molecule is NC(=O)c1cc2c(s1)NC(=O)/C2=C\c1ccc[nH]1. The van der Waals surface area contributed by atoms with Crippen LogP contribution in [0.3, 0.4) is 0 Å². The number of primary amides is 1. The lowest BCUT2D eigenvalue weighted by atomic mass is 10.1. The fourth-order valence-electron chi connectivity index (χ4n) is 1.83. The van der Waals surface area contributed by atoms with Crippen molar-refractivity contribution >= 4 is 39.8 Å². The van der Waals surface area contributed by atoms with Gasteiger partial charge in [-0.15, -0.1) is 11.3 Å². The number of carbonyl (C=O) groups excluding carboxylic acids is 2. The Hall–Kier alpha value is -2.34. The van der Waals surface area contributed by atoms with Crippen molar-refractivity contribution in [1.82, 2.24) is 4.98 Å². The molecular formula is C12H9N3O2S. The molecule has 0 aliphatic carbocycles. The van der Waals surface area contributed by atoms with E-state index in [1.807, 2.05) is 12.1 Å². The van der Waals surface area contributed by atoms with Crippen LogP contribution < -0.4 is 11.1 Å². The third-order valence-electron chi connectivity index (χ3n) is 2.66. The number of fused-ring (bicyclic) bond motifs is 1. The minimum Gasteiger partial charge on any atom is -0.365 e. The predicted molar refractivity (Wildman–Crippen MR) is 70.1 cm³/mol. The topological polar surface area (TPSA) is 88.0 Å². The molecule has 0 atom stereocenters. The number of nitrogens with one attached hydrogen (secondary N) is 2. The molecule has 18 heavy (non-hydrogen) atoms. The number of hydrogen-bond acceptors (Lipinski definition) is 3. The second-order valence-corrected chi connectivity index (χ2v) is 4.91. The van der Waals surface area contributed by atoms with Crippen molar-refractivity contribution in [2.75, 3.05) is 5.32 Å². The van der Waals surface area contributed by atoms with E-state index in [4.69, 9.17) is 5.73 Å². The van der Waals surface area contributed by atoms with Gasteiger partial charge in [-0.3, -0.25) is 9.59 Å².